The molecule has 6 aromatic rings. The summed E-state index contributed by atoms with van der Waals surface area (Å²) in [6, 6.07) is 21.1. The molecule has 7 heterocycles. The molecule has 26 nitrogen and oxygen atoms in total. The van der Waals surface area contributed by atoms with Crippen molar-refractivity contribution in [2.24, 2.45) is 19.1 Å². The van der Waals surface area contributed by atoms with Crippen LogP contribution in [0.1, 0.15) is 136 Å². The normalized spacial score (nSPS) is 18.0. The van der Waals surface area contributed by atoms with Crippen LogP contribution in [-0.2, 0) is 73.4 Å². The molecule has 5 amide bonds. The van der Waals surface area contributed by atoms with E-state index in [0.717, 1.165) is 68.2 Å². The van der Waals surface area contributed by atoms with E-state index in [1.165, 1.54) is 27.2 Å². The topological polar surface area (TPSA) is 284 Å². The predicted octanol–water partition coefficient (Wildman–Crippen LogP) is 9.45. The Morgan fingerprint density at radius 2 is 1.19 bits per heavy atom. The van der Waals surface area contributed by atoms with Gasteiger partial charge in [-0.1, -0.05) is 61.2 Å². The van der Waals surface area contributed by atoms with Gasteiger partial charge < -0.3 is 72.2 Å². The van der Waals surface area contributed by atoms with E-state index in [0.29, 0.717) is 60.1 Å². The molecule has 4 aromatic carbocycles. The lowest BCUT2D eigenvalue weighted by Crippen LogP contribution is -2.57. The number of aliphatic imine (C=N–C) groups is 1. The van der Waals surface area contributed by atoms with Crippen LogP contribution in [-0.4, -0.2) is 155 Å². The molecule has 4 atom stereocenters. The first-order valence-corrected chi connectivity index (χ1v) is 31.9. The summed E-state index contributed by atoms with van der Waals surface area (Å²) in [5.74, 6) is 0.201. The molecule has 2 aromatic heterocycles. The molecule has 0 radical (unpaired) electrons. The Balaban J connectivity index is 0.000000215. The Morgan fingerprint density at radius 1 is 0.642 bits per heavy atom. The van der Waals surface area contributed by atoms with Crippen molar-refractivity contribution in [2.45, 2.75) is 122 Å². The average molecular weight is 1310 g/mol. The van der Waals surface area contributed by atoms with E-state index in [1.54, 1.807) is 76.6 Å². The number of methoxy groups -OCH3 is 2. The summed E-state index contributed by atoms with van der Waals surface area (Å²) in [6.45, 7) is 9.59. The molecule has 0 bridgehead atoms. The van der Waals surface area contributed by atoms with Gasteiger partial charge in [0.25, 0.3) is 11.8 Å². The minimum Gasteiger partial charge on any atom is -0.493 e. The van der Waals surface area contributed by atoms with Crippen LogP contribution in [0.4, 0.5) is 27.8 Å². The highest BCUT2D eigenvalue weighted by Gasteiger charge is 2.47. The minimum absolute atomic E-state index is 0.0104. The number of nitrogens with one attached hydrogen (secondary N) is 2. The highest BCUT2D eigenvalue weighted by Crippen LogP contribution is 2.43. The summed E-state index contributed by atoms with van der Waals surface area (Å²) in [4.78, 5) is 109. The molecule has 0 saturated carbocycles. The highest BCUT2D eigenvalue weighted by molar-refractivity contribution is 6.06. The molecule has 2 N–H and O–H groups in total. The summed E-state index contributed by atoms with van der Waals surface area (Å²) in [7, 11) is 6.33. The number of carbonyl (C=O) groups is 7. The van der Waals surface area contributed by atoms with Gasteiger partial charge in [0.05, 0.1) is 74.9 Å². The van der Waals surface area contributed by atoms with Gasteiger partial charge in [-0.15, -0.1) is 0 Å². The number of fused-ring (bicyclic) bond motifs is 4. The van der Waals surface area contributed by atoms with Crippen LogP contribution in [0.15, 0.2) is 103 Å². The number of aromatic nitrogens is 4. The molecular formula is C69H80N10O16. The van der Waals surface area contributed by atoms with Gasteiger partial charge in [0.2, 0.25) is 23.5 Å². The van der Waals surface area contributed by atoms with E-state index >= 15 is 0 Å². The fraction of sp³-hybridized carbons (Fsp3) is 0.420. The van der Waals surface area contributed by atoms with Gasteiger partial charge in [-0.2, -0.15) is 0 Å². The number of hydrogen-bond acceptors (Lipinski definition) is 19. The van der Waals surface area contributed by atoms with Crippen molar-refractivity contribution in [3.05, 3.63) is 143 Å². The number of aryl methyl sites for hydroxylation is 2. The van der Waals surface area contributed by atoms with E-state index < -0.39 is 36.6 Å². The first kappa shape index (κ1) is 67.8. The summed E-state index contributed by atoms with van der Waals surface area (Å²) in [6.07, 6.45) is 12.3. The maximum absolute atomic E-state index is 14.3. The number of carbonyl (C=O) groups excluding carboxylic acids is 7. The molecule has 3 fully saturated rings. The molecule has 0 spiro atoms. The summed E-state index contributed by atoms with van der Waals surface area (Å²) in [5, 5.41) is 5.46. The number of nitrogens with zero attached hydrogens (tertiary/aromatic N) is 8. The van der Waals surface area contributed by atoms with Gasteiger partial charge >= 0.3 is 18.0 Å². The lowest BCUT2D eigenvalue weighted by atomic mass is 10.00. The van der Waals surface area contributed by atoms with Crippen LogP contribution in [0.3, 0.4) is 0 Å². The second-order valence-corrected chi connectivity index (χ2v) is 23.2. The monoisotopic (exact) mass is 1300 g/mol. The molecule has 0 aliphatic carbocycles. The summed E-state index contributed by atoms with van der Waals surface area (Å²) in [5.41, 5.74) is 4.70. The lowest BCUT2D eigenvalue weighted by Gasteiger charge is -2.42. The fourth-order valence-corrected chi connectivity index (χ4v) is 12.0. The first-order chi connectivity index (χ1) is 46.1. The van der Waals surface area contributed by atoms with E-state index in [-0.39, 0.29) is 116 Å². The maximum Gasteiger partial charge on any atom is 0.416 e. The smallest absolute Gasteiger partial charge is 0.416 e. The van der Waals surface area contributed by atoms with Crippen molar-refractivity contribution in [3.8, 4) is 23.0 Å². The number of rotatable bonds is 22. The quantitative estimate of drug-likeness (QED) is 0.0363. The van der Waals surface area contributed by atoms with Crippen LogP contribution >= 0.6 is 0 Å². The van der Waals surface area contributed by atoms with Crippen LogP contribution in [0.2, 0.25) is 0 Å². The molecule has 5 aliphatic rings. The van der Waals surface area contributed by atoms with Crippen molar-refractivity contribution < 1.29 is 76.2 Å². The lowest BCUT2D eigenvalue weighted by molar-refractivity contribution is -0.198. The molecule has 2 unspecified atom stereocenters. The third kappa shape index (κ3) is 16.5. The van der Waals surface area contributed by atoms with E-state index in [2.05, 4.69) is 32.2 Å². The van der Waals surface area contributed by atoms with Crippen LogP contribution in [0.25, 0.3) is 0 Å². The van der Waals surface area contributed by atoms with Gasteiger partial charge in [-0.05, 0) is 106 Å². The summed E-state index contributed by atoms with van der Waals surface area (Å²) < 4.78 is 54.8. The predicted molar refractivity (Wildman–Crippen MR) is 349 cm³/mol. The van der Waals surface area contributed by atoms with Crippen molar-refractivity contribution in [1.82, 2.24) is 28.9 Å². The van der Waals surface area contributed by atoms with Crippen LogP contribution in [0.5, 0.6) is 23.0 Å². The minimum atomic E-state index is -0.886. The Hall–Kier alpha value is -10.1. The van der Waals surface area contributed by atoms with E-state index in [1.807, 2.05) is 59.6 Å². The molecule has 95 heavy (non-hydrogen) atoms. The van der Waals surface area contributed by atoms with E-state index in [9.17, 15) is 33.6 Å². The Labute approximate surface area is 550 Å². The zero-order valence-electron chi connectivity index (χ0n) is 54.3. The van der Waals surface area contributed by atoms with Gasteiger partial charge in [0.15, 0.2) is 47.2 Å². The number of imidazole rings is 2. The van der Waals surface area contributed by atoms with Gasteiger partial charge in [-0.25, -0.2) is 29.3 Å². The third-order valence-electron chi connectivity index (χ3n) is 16.5. The van der Waals surface area contributed by atoms with Crippen molar-refractivity contribution in [2.75, 3.05) is 69.3 Å². The average Bonchev–Trinajstić information content (AvgIpc) is 1.65. The molecule has 502 valence electrons. The Kier molecular flexibility index (Phi) is 22.6. The Bertz CT molecular complexity index is 3840. The fourth-order valence-electron chi connectivity index (χ4n) is 12.0. The van der Waals surface area contributed by atoms with E-state index in [4.69, 9.17) is 42.6 Å². The molecule has 3 saturated heterocycles. The van der Waals surface area contributed by atoms with Crippen LogP contribution < -0.4 is 34.5 Å². The van der Waals surface area contributed by atoms with Crippen molar-refractivity contribution in [1.29, 1.82) is 0 Å². The zero-order valence-corrected chi connectivity index (χ0v) is 54.3. The number of benzene rings is 4. The second-order valence-electron chi connectivity index (χ2n) is 23.2. The summed E-state index contributed by atoms with van der Waals surface area (Å²) >= 11 is 0. The van der Waals surface area contributed by atoms with Gasteiger partial charge in [0.1, 0.15) is 19.8 Å². The molecule has 11 rings (SSSR count). The highest BCUT2D eigenvalue weighted by atomic mass is 16.7. The first-order valence-electron chi connectivity index (χ1n) is 31.9. The number of hydrogen-bond donors (Lipinski definition) is 2. The number of piperidine rings is 2. The number of esters is 2. The number of anilines is 3. The zero-order chi connectivity index (χ0) is 67.1. The molecule has 5 aliphatic heterocycles. The standard InChI is InChI=1S/C39H47N5O10.C30H33N5O6/c1-5-17-52-39(48)44-29-22-31(30(49-4)21-27(29)36(46)43-16-9-7-14-28(43)37(44)54-34-15-8-10-18-51-34)53-24-26-13-11-12-25(19-26)20-33(45)40-32-23-42(3)35(41-32)38(47)50-6-2;1-4-40-30(38)28-33-26(17-34(28)2)32-27(36)13-19-8-7-9-20(12-19)18-41-25-15-23-22(14-24(25)39-3)29(37)35-11-6-5-10-21(35)16-31-23/h5,11-13,19,21-23,28,34,37H,1,6-10,14-18,20,24H2,2-4H3,(H,40,45);7-9,12,14-17,21H,4-6,10-11,13,18H2,1-3H3,(H,32,36)/t28-,34?,37?;21-/m00/s1. The Morgan fingerprint density at radius 3 is 1.76 bits per heavy atom. The molecule has 26 heteroatoms. The van der Waals surface area contributed by atoms with Gasteiger partial charge in [-0.3, -0.25) is 24.2 Å². The van der Waals surface area contributed by atoms with Crippen molar-refractivity contribution in [3.63, 3.8) is 0 Å². The van der Waals surface area contributed by atoms with Crippen LogP contribution in [0, 0.1) is 0 Å². The maximum atomic E-state index is 14.3. The third-order valence-corrected chi connectivity index (χ3v) is 16.5. The largest absolute Gasteiger partial charge is 0.493 e. The van der Waals surface area contributed by atoms with Gasteiger partial charge in [0, 0.05) is 64.5 Å². The SMILES string of the molecule is C=CCOC(=O)N1c2cc(OCc3cccc(CC(=O)Nc4cn(C)c(C(=O)OCC)n4)c3)c(OC)cc2C(=O)N2CCCC[C@H]2C1OC1CCCCO1.CCOC(=O)c1nc(NC(=O)Cc2cccc(COc3cc4c(cc3OC)C(=O)N3CCCC[C@H]3C=N4)c2)cn1C. The second kappa shape index (κ2) is 31.7. The molecular weight excluding hydrogens is 1220 g/mol. The van der Waals surface area contributed by atoms with Crippen molar-refractivity contribution >= 4 is 70.9 Å². The number of amides is 5. The number of ether oxygens (including phenoxy) is 9.